The summed E-state index contributed by atoms with van der Waals surface area (Å²) in [5, 5.41) is 4.35. The first-order valence-corrected chi connectivity index (χ1v) is 13.8. The highest BCUT2D eigenvalue weighted by molar-refractivity contribution is 6.83. The van der Waals surface area contributed by atoms with Crippen molar-refractivity contribution in [2.24, 2.45) is 0 Å². The fourth-order valence-corrected chi connectivity index (χ4v) is 3.50. The van der Waals surface area contributed by atoms with Gasteiger partial charge in [-0.15, -0.1) is 18.0 Å². The average molecular weight is 456 g/mol. The van der Waals surface area contributed by atoms with Crippen molar-refractivity contribution in [2.45, 2.75) is 40.4 Å². The van der Waals surface area contributed by atoms with Crippen LogP contribution in [0.3, 0.4) is 0 Å². The Morgan fingerprint density at radius 2 is 1.68 bits per heavy atom. The van der Waals surface area contributed by atoms with Gasteiger partial charge in [-0.05, 0) is 44.5 Å². The molecule has 0 aliphatic heterocycles. The summed E-state index contributed by atoms with van der Waals surface area (Å²) in [6, 6.07) is 9.97. The minimum Gasteiger partial charge on any atom is -0.490 e. The lowest BCUT2D eigenvalue weighted by Crippen LogP contribution is -2.16. The highest BCUT2D eigenvalue weighted by Crippen LogP contribution is 2.35. The highest BCUT2D eigenvalue weighted by Gasteiger charge is 2.13. The molecule has 1 N–H and O–H groups in total. The zero-order valence-electron chi connectivity index (χ0n) is 19.0. The van der Waals surface area contributed by atoms with Crippen LogP contribution >= 0.6 is 12.4 Å². The minimum atomic E-state index is -1.45. The molecule has 2 aromatic carbocycles. The first kappa shape index (κ1) is 24.5. The van der Waals surface area contributed by atoms with Gasteiger partial charge in [0, 0.05) is 22.7 Å². The molecule has 31 heavy (non-hydrogen) atoms. The molecule has 1 heterocycles. The predicted molar refractivity (Wildman–Crippen MR) is 134 cm³/mol. The normalized spacial score (nSPS) is 10.6. The van der Waals surface area contributed by atoms with Crippen LogP contribution in [-0.2, 0) is 0 Å². The summed E-state index contributed by atoms with van der Waals surface area (Å²) in [5.41, 5.74) is 7.36. The van der Waals surface area contributed by atoms with Crippen LogP contribution in [-0.4, -0.2) is 31.3 Å². The van der Waals surface area contributed by atoms with Crippen molar-refractivity contribution >= 4 is 42.9 Å². The Morgan fingerprint density at radius 3 is 2.32 bits per heavy atom. The van der Waals surface area contributed by atoms with Gasteiger partial charge in [-0.1, -0.05) is 31.6 Å². The van der Waals surface area contributed by atoms with Crippen LogP contribution in [0.25, 0.3) is 10.9 Å². The van der Waals surface area contributed by atoms with E-state index < -0.39 is 8.07 Å². The predicted octanol–water partition coefficient (Wildman–Crippen LogP) is 6.13. The summed E-state index contributed by atoms with van der Waals surface area (Å²) in [4.78, 5) is 8.91. The van der Waals surface area contributed by atoms with Crippen molar-refractivity contribution in [1.29, 1.82) is 0 Å². The maximum absolute atomic E-state index is 5.79. The van der Waals surface area contributed by atoms with Crippen molar-refractivity contribution in [3.63, 3.8) is 0 Å². The van der Waals surface area contributed by atoms with E-state index in [2.05, 4.69) is 59.4 Å². The number of fused-ring (bicyclic) bond motifs is 1. The van der Waals surface area contributed by atoms with Gasteiger partial charge < -0.3 is 14.8 Å². The van der Waals surface area contributed by atoms with Crippen molar-refractivity contribution in [1.82, 2.24) is 9.97 Å². The largest absolute Gasteiger partial charge is 0.490 e. The molecule has 0 atom stereocenters. The Hall–Kier alpha value is -2.75. The van der Waals surface area contributed by atoms with E-state index in [0.29, 0.717) is 24.7 Å². The number of hydrogen-bond donors (Lipinski definition) is 1. The number of hydrogen-bond acceptors (Lipinski definition) is 5. The molecule has 164 valence electrons. The van der Waals surface area contributed by atoms with Crippen LogP contribution in [0.4, 0.5) is 11.5 Å². The second-order valence-electron chi connectivity index (χ2n) is 8.01. The van der Waals surface area contributed by atoms with Gasteiger partial charge >= 0.3 is 0 Å². The first-order chi connectivity index (χ1) is 14.3. The summed E-state index contributed by atoms with van der Waals surface area (Å²) in [6.45, 7) is 13.8. The molecule has 0 bridgehead atoms. The molecule has 0 fully saturated rings. The molecule has 7 heteroatoms. The molecule has 1 aromatic heterocycles. The minimum absolute atomic E-state index is 0. The van der Waals surface area contributed by atoms with Crippen molar-refractivity contribution in [3.05, 3.63) is 47.8 Å². The summed E-state index contributed by atoms with van der Waals surface area (Å²) in [5.74, 6) is 5.47. The Balaban J connectivity index is 0.00000341. The van der Waals surface area contributed by atoms with Gasteiger partial charge in [0.05, 0.1) is 18.7 Å². The lowest BCUT2D eigenvalue weighted by molar-refractivity contribution is 0.288. The molecule has 0 radical (unpaired) electrons. The fourth-order valence-electron chi connectivity index (χ4n) is 2.99. The van der Waals surface area contributed by atoms with E-state index in [0.717, 1.165) is 33.5 Å². The Kier molecular flexibility index (Phi) is 8.32. The number of rotatable bonds is 6. The zero-order chi connectivity index (χ0) is 21.7. The number of nitrogens with zero attached hydrogens (tertiary/aromatic N) is 2. The van der Waals surface area contributed by atoms with E-state index in [9.17, 15) is 0 Å². The second-order valence-corrected chi connectivity index (χ2v) is 12.8. The van der Waals surface area contributed by atoms with Crippen LogP contribution in [0.15, 0.2) is 36.7 Å². The molecule has 0 amide bonds. The maximum Gasteiger partial charge on any atom is 0.163 e. The van der Waals surface area contributed by atoms with E-state index in [1.165, 1.54) is 0 Å². The van der Waals surface area contributed by atoms with Crippen LogP contribution in [0.5, 0.6) is 11.5 Å². The molecule has 0 saturated carbocycles. The SMILES string of the molecule is CCOc1cc2ncnc(Nc3cccc(C#C[Si](C)(C)C)c3C)c2cc1OCC.Cl. The average Bonchev–Trinajstić information content (AvgIpc) is 2.69. The van der Waals surface area contributed by atoms with Gasteiger partial charge in [0.25, 0.3) is 0 Å². The number of halogens is 1. The molecular weight excluding hydrogens is 426 g/mol. The van der Waals surface area contributed by atoms with Gasteiger partial charge in [0.1, 0.15) is 20.2 Å². The standard InChI is InChI=1S/C24H29N3O2Si.ClH/c1-7-28-22-14-19-21(15-23(22)29-8-2)25-16-26-24(19)27-20-11-9-10-18(17(20)3)12-13-30(4,5)6;/h9-11,14-16H,7-8H2,1-6H3,(H,25,26,27);1H. The molecular formula is C24H30ClN3O2Si. The van der Waals surface area contributed by atoms with E-state index in [1.807, 2.05) is 38.1 Å². The Morgan fingerprint density at radius 1 is 1.00 bits per heavy atom. The van der Waals surface area contributed by atoms with Gasteiger partial charge in [0.15, 0.2) is 11.5 Å². The van der Waals surface area contributed by atoms with Gasteiger partial charge in [-0.2, -0.15) is 0 Å². The maximum atomic E-state index is 5.79. The van der Waals surface area contributed by atoms with E-state index in [4.69, 9.17) is 9.47 Å². The van der Waals surface area contributed by atoms with Crippen molar-refractivity contribution in [3.8, 4) is 23.0 Å². The first-order valence-electron chi connectivity index (χ1n) is 10.3. The number of ether oxygens (including phenoxy) is 2. The molecule has 0 aliphatic rings. The zero-order valence-corrected chi connectivity index (χ0v) is 20.8. The van der Waals surface area contributed by atoms with Crippen LogP contribution in [0.1, 0.15) is 25.0 Å². The molecule has 5 nitrogen and oxygen atoms in total. The monoisotopic (exact) mass is 455 g/mol. The quantitative estimate of drug-likeness (QED) is 0.358. The Bertz CT molecular complexity index is 1120. The summed E-state index contributed by atoms with van der Waals surface area (Å²) in [6.07, 6.45) is 1.56. The van der Waals surface area contributed by atoms with Crippen LogP contribution < -0.4 is 14.8 Å². The van der Waals surface area contributed by atoms with Crippen LogP contribution in [0, 0.1) is 18.4 Å². The van der Waals surface area contributed by atoms with Gasteiger partial charge in [-0.25, -0.2) is 9.97 Å². The summed E-state index contributed by atoms with van der Waals surface area (Å²) >= 11 is 0. The molecule has 0 aliphatic carbocycles. The number of nitrogens with one attached hydrogen (secondary N) is 1. The fraction of sp³-hybridized carbons (Fsp3) is 0.333. The third-order valence-electron chi connectivity index (χ3n) is 4.46. The highest BCUT2D eigenvalue weighted by atomic mass is 35.5. The number of aromatic nitrogens is 2. The third-order valence-corrected chi connectivity index (χ3v) is 5.33. The van der Waals surface area contributed by atoms with Gasteiger partial charge in [-0.3, -0.25) is 0 Å². The second kappa shape index (κ2) is 10.5. The van der Waals surface area contributed by atoms with E-state index >= 15 is 0 Å². The topological polar surface area (TPSA) is 56.3 Å². The molecule has 0 saturated heterocycles. The molecule has 0 unspecified atom stereocenters. The third kappa shape index (κ3) is 6.13. The summed E-state index contributed by atoms with van der Waals surface area (Å²) in [7, 11) is -1.45. The lowest BCUT2D eigenvalue weighted by atomic mass is 10.1. The molecule has 3 rings (SSSR count). The van der Waals surface area contributed by atoms with Gasteiger partial charge in [0.2, 0.25) is 0 Å². The number of benzene rings is 2. The van der Waals surface area contributed by atoms with Crippen molar-refractivity contribution < 1.29 is 9.47 Å². The smallest absolute Gasteiger partial charge is 0.163 e. The Labute approximate surface area is 192 Å². The van der Waals surface area contributed by atoms with Crippen LogP contribution in [0.2, 0.25) is 19.6 Å². The molecule has 3 aromatic rings. The number of anilines is 2. The van der Waals surface area contributed by atoms with E-state index in [1.54, 1.807) is 6.33 Å². The van der Waals surface area contributed by atoms with E-state index in [-0.39, 0.29) is 12.4 Å². The summed E-state index contributed by atoms with van der Waals surface area (Å²) < 4.78 is 11.5. The lowest BCUT2D eigenvalue weighted by Gasteiger charge is -2.15. The van der Waals surface area contributed by atoms with Crippen molar-refractivity contribution in [2.75, 3.05) is 18.5 Å². The molecule has 0 spiro atoms.